The molecular weight excluding hydrogens is 627 g/mol. The van der Waals surface area contributed by atoms with Gasteiger partial charge in [-0.1, -0.05) is 170 Å². The Morgan fingerprint density at radius 3 is 2.04 bits per heavy atom. The second-order valence-corrected chi connectivity index (χ2v) is 12.9. The molecule has 0 amide bonds. The Labute approximate surface area is 309 Å². The summed E-state index contributed by atoms with van der Waals surface area (Å²) in [5.41, 5.74) is 15.4. The highest BCUT2D eigenvalue weighted by Gasteiger charge is 2.19. The Morgan fingerprint density at radius 1 is 0.596 bits per heavy atom. The van der Waals surface area contributed by atoms with Gasteiger partial charge in [0.05, 0.1) is 5.69 Å². The van der Waals surface area contributed by atoms with Gasteiger partial charge in [-0.05, 0) is 106 Å². The van der Waals surface area contributed by atoms with Crippen LogP contribution in [0.15, 0.2) is 213 Å². The van der Waals surface area contributed by atoms with Crippen LogP contribution in [0, 0.1) is 0 Å². The molecule has 0 atom stereocenters. The van der Waals surface area contributed by atoms with Gasteiger partial charge in [-0.15, -0.1) is 6.58 Å². The molecule has 6 aromatic rings. The Bertz CT molecular complexity index is 2300. The zero-order valence-corrected chi connectivity index (χ0v) is 29.7. The molecule has 0 aromatic heterocycles. The van der Waals surface area contributed by atoms with Crippen molar-refractivity contribution < 1.29 is 0 Å². The van der Waals surface area contributed by atoms with Gasteiger partial charge in [0, 0.05) is 16.9 Å². The second-order valence-electron chi connectivity index (χ2n) is 12.9. The van der Waals surface area contributed by atoms with E-state index in [1.807, 2.05) is 6.08 Å². The van der Waals surface area contributed by atoms with Crippen LogP contribution in [0.4, 0.5) is 17.1 Å². The lowest BCUT2D eigenvalue weighted by Crippen LogP contribution is -2.12. The van der Waals surface area contributed by atoms with Gasteiger partial charge in [0.25, 0.3) is 0 Å². The Balaban J connectivity index is 1.38. The van der Waals surface area contributed by atoms with Crippen molar-refractivity contribution in [3.63, 3.8) is 0 Å². The van der Waals surface area contributed by atoms with Gasteiger partial charge in [0.15, 0.2) is 0 Å². The highest BCUT2D eigenvalue weighted by molar-refractivity contribution is 5.90. The summed E-state index contributed by atoms with van der Waals surface area (Å²) in [6.07, 6.45) is 20.9. The van der Waals surface area contributed by atoms with Crippen molar-refractivity contribution in [2.24, 2.45) is 0 Å². The number of anilines is 3. The molecule has 0 saturated carbocycles. The molecule has 0 radical (unpaired) electrons. The molecule has 0 bridgehead atoms. The first kappa shape index (κ1) is 34.0. The summed E-state index contributed by atoms with van der Waals surface area (Å²) in [4.78, 5) is 2.40. The van der Waals surface area contributed by atoms with E-state index in [0.717, 1.165) is 35.5 Å². The number of benzene rings is 6. The van der Waals surface area contributed by atoms with Gasteiger partial charge in [-0.2, -0.15) is 0 Å². The molecule has 252 valence electrons. The van der Waals surface area contributed by atoms with Crippen LogP contribution in [-0.4, -0.2) is 0 Å². The summed E-state index contributed by atoms with van der Waals surface area (Å²) < 4.78 is 0. The maximum Gasteiger partial charge on any atom is 0.0536 e. The summed E-state index contributed by atoms with van der Waals surface area (Å²) in [6.45, 7) is 6.15. The molecule has 0 saturated heterocycles. The van der Waals surface area contributed by atoms with E-state index in [1.165, 1.54) is 50.1 Å². The highest BCUT2D eigenvalue weighted by atomic mass is 15.1. The lowest BCUT2D eigenvalue weighted by atomic mass is 9.89. The van der Waals surface area contributed by atoms with Gasteiger partial charge in [-0.3, -0.25) is 0 Å². The van der Waals surface area contributed by atoms with Crippen LogP contribution < -0.4 is 4.90 Å². The predicted molar refractivity (Wildman–Crippen MR) is 226 cm³/mol. The van der Waals surface area contributed by atoms with Crippen LogP contribution in [0.5, 0.6) is 0 Å². The van der Waals surface area contributed by atoms with E-state index in [4.69, 9.17) is 0 Å². The van der Waals surface area contributed by atoms with E-state index in [1.54, 1.807) is 0 Å². The molecule has 0 heterocycles. The Morgan fingerprint density at radius 2 is 1.27 bits per heavy atom. The van der Waals surface area contributed by atoms with E-state index in [9.17, 15) is 0 Å². The van der Waals surface area contributed by atoms with Crippen molar-refractivity contribution in [1.29, 1.82) is 0 Å². The van der Waals surface area contributed by atoms with E-state index < -0.39 is 0 Å². The van der Waals surface area contributed by atoms with Crippen LogP contribution >= 0.6 is 0 Å². The molecule has 0 fully saturated rings. The molecule has 0 unspecified atom stereocenters. The van der Waals surface area contributed by atoms with Crippen molar-refractivity contribution in [1.82, 2.24) is 0 Å². The molecule has 1 nitrogen and oxygen atoms in total. The topological polar surface area (TPSA) is 3.24 Å². The summed E-state index contributed by atoms with van der Waals surface area (Å²) in [5.74, 6) is 0. The summed E-state index contributed by atoms with van der Waals surface area (Å²) in [5, 5.41) is 0. The molecule has 7 rings (SSSR count). The van der Waals surface area contributed by atoms with E-state index >= 15 is 0 Å². The number of rotatable bonds is 11. The number of para-hydroxylation sites is 1. The molecule has 52 heavy (non-hydrogen) atoms. The normalized spacial score (nSPS) is 12.8. The lowest BCUT2D eigenvalue weighted by Gasteiger charge is -2.29. The number of hydrogen-bond acceptors (Lipinski definition) is 1. The monoisotopic (exact) mass is 669 g/mol. The molecule has 0 spiro atoms. The van der Waals surface area contributed by atoms with Crippen LogP contribution in [0.3, 0.4) is 0 Å². The number of allylic oxidation sites excluding steroid dienone is 11. The SMILES string of the molecule is C=CC/C(=C\C=C/C)c1cc(-c2cccc(N(c3ccc(-c4ccccc4)cc3)c3ccccc3C3=CC=CC=CC3)c2)ccc1-c1ccccc1. The smallest absolute Gasteiger partial charge is 0.0536 e. The average molecular weight is 670 g/mol. The number of hydrogen-bond donors (Lipinski definition) is 0. The zero-order valence-electron chi connectivity index (χ0n) is 29.7. The quantitative estimate of drug-likeness (QED) is 0.0980. The fourth-order valence-corrected chi connectivity index (χ4v) is 6.90. The molecule has 0 N–H and O–H groups in total. The predicted octanol–water partition coefficient (Wildman–Crippen LogP) is 14.6. The molecule has 6 aromatic carbocycles. The van der Waals surface area contributed by atoms with Gasteiger partial charge < -0.3 is 4.90 Å². The minimum absolute atomic E-state index is 0.775. The second kappa shape index (κ2) is 16.5. The molecule has 0 aliphatic heterocycles. The van der Waals surface area contributed by atoms with Gasteiger partial charge >= 0.3 is 0 Å². The third-order valence-electron chi connectivity index (χ3n) is 9.46. The van der Waals surface area contributed by atoms with Gasteiger partial charge in [-0.25, -0.2) is 0 Å². The van der Waals surface area contributed by atoms with Gasteiger partial charge in [0.1, 0.15) is 0 Å². The molecule has 1 aliphatic carbocycles. The Kier molecular flexibility index (Phi) is 10.8. The first-order chi connectivity index (χ1) is 25.7. The maximum absolute atomic E-state index is 4.09. The highest BCUT2D eigenvalue weighted by Crippen LogP contribution is 2.42. The van der Waals surface area contributed by atoms with E-state index in [-0.39, 0.29) is 0 Å². The Hall–Kier alpha value is -6.44. The van der Waals surface area contributed by atoms with Crippen LogP contribution in [-0.2, 0) is 0 Å². The summed E-state index contributed by atoms with van der Waals surface area (Å²) >= 11 is 0. The van der Waals surface area contributed by atoms with Gasteiger partial charge in [0.2, 0.25) is 0 Å². The molecule has 1 heteroatoms. The fourth-order valence-electron chi connectivity index (χ4n) is 6.90. The first-order valence-corrected chi connectivity index (χ1v) is 18.0. The summed E-state index contributed by atoms with van der Waals surface area (Å²) in [7, 11) is 0. The number of nitrogens with zero attached hydrogens (tertiary/aromatic N) is 1. The van der Waals surface area contributed by atoms with Crippen molar-refractivity contribution in [2.75, 3.05) is 4.90 Å². The van der Waals surface area contributed by atoms with Crippen LogP contribution in [0.2, 0.25) is 0 Å². The van der Waals surface area contributed by atoms with E-state index in [0.29, 0.717) is 0 Å². The van der Waals surface area contributed by atoms with E-state index in [2.05, 4.69) is 219 Å². The fraction of sp³-hybridized carbons (Fsp3) is 0.0588. The van der Waals surface area contributed by atoms with Crippen molar-refractivity contribution in [2.45, 2.75) is 19.8 Å². The van der Waals surface area contributed by atoms with Crippen molar-refractivity contribution in [3.05, 3.63) is 224 Å². The minimum Gasteiger partial charge on any atom is -0.310 e. The first-order valence-electron chi connectivity index (χ1n) is 18.0. The standard InChI is InChI=1S/C51H43N/c1-3-5-20-41(19-4-2)50-38-45(33-36-48(50)42-23-14-9-15-24-42)44-27-18-28-47(37-44)52(46-34-31-40(32-35-46)39-21-12-8-13-22-39)51-30-17-16-29-49(51)43-25-10-6-7-11-26-43/h3-18,20-25,27-38H,2,19,26H2,1H3/b5-3-,41-20+. The van der Waals surface area contributed by atoms with Crippen LogP contribution in [0.1, 0.15) is 30.9 Å². The maximum atomic E-state index is 4.09. The third-order valence-corrected chi connectivity index (χ3v) is 9.46. The van der Waals surface area contributed by atoms with Crippen LogP contribution in [0.25, 0.3) is 44.5 Å². The van der Waals surface area contributed by atoms with Crippen molar-refractivity contribution in [3.8, 4) is 33.4 Å². The third kappa shape index (κ3) is 7.65. The van der Waals surface area contributed by atoms with Crippen molar-refractivity contribution >= 4 is 28.2 Å². The lowest BCUT2D eigenvalue weighted by molar-refractivity contribution is 1.26. The summed E-state index contributed by atoms with van der Waals surface area (Å²) in [6, 6.07) is 54.8. The molecule has 1 aliphatic rings. The largest absolute Gasteiger partial charge is 0.310 e. The zero-order chi connectivity index (χ0) is 35.5. The molecular formula is C51H43N. The average Bonchev–Trinajstić information content (AvgIpc) is 3.51. The minimum atomic E-state index is 0.775.